The molecule has 0 bridgehead atoms. The number of allylic oxidation sites excluding steroid dienone is 1. The molecule has 0 aromatic rings. The first kappa shape index (κ1) is 25.2. The zero-order valence-corrected chi connectivity index (χ0v) is 20.9. The Morgan fingerprint density at radius 2 is 2.00 bits per heavy atom. The molecule has 9 nitrogen and oxygen atoms in total. The molecule has 0 spiro atoms. The highest BCUT2D eigenvalue weighted by Crippen LogP contribution is 2.62. The van der Waals surface area contributed by atoms with Crippen LogP contribution in [0.5, 0.6) is 0 Å². The van der Waals surface area contributed by atoms with E-state index < -0.39 is 52.4 Å². The average molecular weight is 488 g/mol. The number of carbonyl (C=O) groups is 4. The van der Waals surface area contributed by atoms with Crippen LogP contribution < -0.4 is 5.32 Å². The van der Waals surface area contributed by atoms with E-state index >= 15 is 0 Å². The van der Waals surface area contributed by atoms with Crippen LogP contribution in [0.3, 0.4) is 0 Å². The minimum Gasteiger partial charge on any atom is -0.504 e. The van der Waals surface area contributed by atoms with Crippen LogP contribution >= 0.6 is 0 Å². The highest BCUT2D eigenvalue weighted by Gasteiger charge is 2.64. The standard InChI is InChI=1S/C26H33NO8/c1-6-9-27-11-14-20-23(31)22(30)19-15-7-8-17(29)25(15,3)10-16(34-13(2)28)21(19)26(20,4)18(12-33-5)35-24(14)32/h11,15-16,18,27,31H,6-10,12H2,1-5H3/t15-,16+,18+,25-,26-/m0/s1. The molecule has 0 amide bonds. The molecule has 1 saturated carbocycles. The maximum atomic E-state index is 13.8. The SMILES string of the molecule is CCCNC=C1C(=O)O[C@H](COC)[C@@]2(C)C1=C(O)C(=O)C1=C2[C@H](OC(C)=O)C[C@]2(C)C(=O)CC[C@@H]12. The quantitative estimate of drug-likeness (QED) is 0.330. The number of hydrogen-bond donors (Lipinski definition) is 2. The second-order valence-corrected chi connectivity index (χ2v) is 10.2. The predicted octanol–water partition coefficient (Wildman–Crippen LogP) is 2.46. The molecule has 35 heavy (non-hydrogen) atoms. The first-order valence-corrected chi connectivity index (χ1v) is 12.1. The lowest BCUT2D eigenvalue weighted by Crippen LogP contribution is -2.57. The van der Waals surface area contributed by atoms with Crippen molar-refractivity contribution in [3.8, 4) is 0 Å². The van der Waals surface area contributed by atoms with E-state index in [1.807, 2.05) is 6.92 Å². The minimum atomic E-state index is -1.22. The molecule has 0 aromatic heterocycles. The summed E-state index contributed by atoms with van der Waals surface area (Å²) in [6, 6.07) is 0. The van der Waals surface area contributed by atoms with Crippen LogP contribution in [0.15, 0.2) is 34.3 Å². The third kappa shape index (κ3) is 3.63. The molecule has 1 saturated heterocycles. The van der Waals surface area contributed by atoms with Gasteiger partial charge in [-0.15, -0.1) is 0 Å². The number of ether oxygens (including phenoxy) is 3. The largest absolute Gasteiger partial charge is 0.504 e. The number of hydrogen-bond acceptors (Lipinski definition) is 9. The molecule has 1 aliphatic heterocycles. The van der Waals surface area contributed by atoms with Gasteiger partial charge in [-0.1, -0.05) is 13.8 Å². The van der Waals surface area contributed by atoms with Crippen LogP contribution in [0.4, 0.5) is 0 Å². The second kappa shape index (κ2) is 8.93. The van der Waals surface area contributed by atoms with Gasteiger partial charge in [0.15, 0.2) is 5.76 Å². The van der Waals surface area contributed by atoms with Crippen LogP contribution in [-0.4, -0.2) is 61.1 Å². The smallest absolute Gasteiger partial charge is 0.340 e. The Labute approximate surface area is 204 Å². The van der Waals surface area contributed by atoms with Gasteiger partial charge in [-0.25, -0.2) is 4.79 Å². The van der Waals surface area contributed by atoms with E-state index in [1.54, 1.807) is 13.8 Å². The molecule has 2 N–H and O–H groups in total. The van der Waals surface area contributed by atoms with Crippen molar-refractivity contribution in [1.29, 1.82) is 0 Å². The summed E-state index contributed by atoms with van der Waals surface area (Å²) in [5, 5.41) is 14.4. The predicted molar refractivity (Wildman–Crippen MR) is 124 cm³/mol. The Kier molecular flexibility index (Phi) is 6.42. The Morgan fingerprint density at radius 1 is 1.29 bits per heavy atom. The summed E-state index contributed by atoms with van der Waals surface area (Å²) in [5.74, 6) is -2.85. The second-order valence-electron chi connectivity index (χ2n) is 10.2. The molecule has 5 atom stereocenters. The zero-order chi connectivity index (χ0) is 25.7. The van der Waals surface area contributed by atoms with Gasteiger partial charge in [-0.05, 0) is 25.3 Å². The third-order valence-corrected chi connectivity index (χ3v) is 8.06. The van der Waals surface area contributed by atoms with Crippen molar-refractivity contribution in [2.45, 2.75) is 65.6 Å². The lowest BCUT2D eigenvalue weighted by molar-refractivity contribution is -0.160. The van der Waals surface area contributed by atoms with Gasteiger partial charge in [-0.2, -0.15) is 0 Å². The Bertz CT molecular complexity index is 1080. The summed E-state index contributed by atoms with van der Waals surface area (Å²) < 4.78 is 16.9. The summed E-state index contributed by atoms with van der Waals surface area (Å²) in [7, 11) is 1.47. The van der Waals surface area contributed by atoms with E-state index in [2.05, 4.69) is 5.32 Å². The van der Waals surface area contributed by atoms with Gasteiger partial charge in [0.05, 0.1) is 17.6 Å². The molecule has 9 heteroatoms. The van der Waals surface area contributed by atoms with Crippen molar-refractivity contribution in [3.05, 3.63) is 34.3 Å². The summed E-state index contributed by atoms with van der Waals surface area (Å²) in [6.45, 7) is 7.39. The highest BCUT2D eigenvalue weighted by atomic mass is 16.6. The van der Waals surface area contributed by atoms with Gasteiger partial charge in [0.1, 0.15) is 18.0 Å². The first-order chi connectivity index (χ1) is 16.5. The number of rotatable bonds is 6. The molecular weight excluding hydrogens is 454 g/mol. The Balaban J connectivity index is 2.00. The molecule has 0 aromatic carbocycles. The van der Waals surface area contributed by atoms with Crippen molar-refractivity contribution >= 4 is 23.5 Å². The zero-order valence-electron chi connectivity index (χ0n) is 20.9. The summed E-state index contributed by atoms with van der Waals surface area (Å²) >= 11 is 0. The Hall–Kier alpha value is -2.94. The van der Waals surface area contributed by atoms with E-state index in [-0.39, 0.29) is 30.0 Å². The number of fused-ring (bicyclic) bond motifs is 4. The lowest BCUT2D eigenvalue weighted by Gasteiger charge is -2.53. The van der Waals surface area contributed by atoms with Crippen LogP contribution in [-0.2, 0) is 33.4 Å². The van der Waals surface area contributed by atoms with Crippen LogP contribution in [0.25, 0.3) is 0 Å². The summed E-state index contributed by atoms with van der Waals surface area (Å²) in [5.41, 5.74) is -1.16. The monoisotopic (exact) mass is 487 g/mol. The van der Waals surface area contributed by atoms with Crippen molar-refractivity contribution in [2.24, 2.45) is 16.7 Å². The fourth-order valence-corrected chi connectivity index (χ4v) is 6.41. The number of esters is 2. The van der Waals surface area contributed by atoms with Crippen molar-refractivity contribution in [1.82, 2.24) is 5.32 Å². The molecule has 3 aliphatic carbocycles. The minimum absolute atomic E-state index is 0.00582. The van der Waals surface area contributed by atoms with Crippen molar-refractivity contribution in [2.75, 3.05) is 20.3 Å². The number of aliphatic hydroxyl groups excluding tert-OH is 1. The molecule has 0 radical (unpaired) electrons. The van der Waals surface area contributed by atoms with E-state index in [1.165, 1.54) is 20.2 Å². The third-order valence-electron chi connectivity index (χ3n) is 8.06. The van der Waals surface area contributed by atoms with E-state index in [0.717, 1.165) is 6.42 Å². The first-order valence-electron chi connectivity index (χ1n) is 12.1. The molecule has 190 valence electrons. The van der Waals surface area contributed by atoms with E-state index in [0.29, 0.717) is 30.5 Å². The van der Waals surface area contributed by atoms with Gasteiger partial charge < -0.3 is 24.6 Å². The molecule has 2 fully saturated rings. The summed E-state index contributed by atoms with van der Waals surface area (Å²) in [4.78, 5) is 51.9. The average Bonchev–Trinajstić information content (AvgIpc) is 3.08. The van der Waals surface area contributed by atoms with Gasteiger partial charge in [-0.3, -0.25) is 14.4 Å². The van der Waals surface area contributed by atoms with Gasteiger partial charge in [0.2, 0.25) is 5.78 Å². The maximum Gasteiger partial charge on any atom is 0.340 e. The molecule has 0 unspecified atom stereocenters. The molecule has 4 aliphatic rings. The van der Waals surface area contributed by atoms with Crippen LogP contribution in [0.2, 0.25) is 0 Å². The van der Waals surface area contributed by atoms with Crippen molar-refractivity contribution < 1.29 is 38.5 Å². The fourth-order valence-electron chi connectivity index (χ4n) is 6.41. The number of methoxy groups -OCH3 is 1. The molecule has 4 rings (SSSR count). The van der Waals surface area contributed by atoms with Crippen LogP contribution in [0.1, 0.15) is 53.4 Å². The normalized spacial score (nSPS) is 35.5. The number of carbonyl (C=O) groups excluding carboxylic acids is 4. The number of aliphatic hydroxyl groups is 1. The Morgan fingerprint density at radius 3 is 2.63 bits per heavy atom. The van der Waals surface area contributed by atoms with Gasteiger partial charge in [0.25, 0.3) is 0 Å². The molecule has 1 heterocycles. The fraction of sp³-hybridized carbons (Fsp3) is 0.615. The maximum absolute atomic E-state index is 13.8. The van der Waals surface area contributed by atoms with E-state index in [9.17, 15) is 24.3 Å². The number of ketones is 2. The number of cyclic esters (lactones) is 1. The topological polar surface area (TPSA) is 128 Å². The van der Waals surface area contributed by atoms with Gasteiger partial charge in [0, 0.05) is 62.1 Å². The van der Waals surface area contributed by atoms with Crippen molar-refractivity contribution in [3.63, 3.8) is 0 Å². The van der Waals surface area contributed by atoms with Gasteiger partial charge >= 0.3 is 11.9 Å². The number of nitrogens with one attached hydrogen (secondary N) is 1. The van der Waals surface area contributed by atoms with E-state index in [4.69, 9.17) is 14.2 Å². The number of Topliss-reactive ketones (excluding diaryl/α,β-unsaturated/α-hetero) is 2. The van der Waals surface area contributed by atoms with Crippen LogP contribution in [0, 0.1) is 16.7 Å². The summed E-state index contributed by atoms with van der Waals surface area (Å²) in [6.07, 6.45) is 1.44. The highest BCUT2D eigenvalue weighted by molar-refractivity contribution is 6.14. The lowest BCUT2D eigenvalue weighted by atomic mass is 9.53. The molecular formula is C26H33NO8.